The number of halogens is 1. The van der Waals surface area contributed by atoms with Crippen LogP contribution in [0.5, 0.6) is 17.2 Å². The fourth-order valence-corrected chi connectivity index (χ4v) is 4.15. The first-order valence-electron chi connectivity index (χ1n) is 10.7. The summed E-state index contributed by atoms with van der Waals surface area (Å²) in [5.74, 6) is 0.688. The Bertz CT molecular complexity index is 1480. The maximum atomic E-state index is 12.9. The van der Waals surface area contributed by atoms with E-state index in [9.17, 15) is 9.59 Å². The number of hydrogen-bond acceptors (Lipinski definition) is 6. The van der Waals surface area contributed by atoms with Crippen LogP contribution in [-0.2, 0) is 0 Å². The molecule has 170 valence electrons. The Labute approximate surface area is 203 Å². The van der Waals surface area contributed by atoms with Crippen molar-refractivity contribution in [3.05, 3.63) is 93.3 Å². The third kappa shape index (κ3) is 3.99. The fraction of sp³-hybridized carbons (Fsp3) is 0.111. The summed E-state index contributed by atoms with van der Waals surface area (Å²) in [6.07, 6.45) is 1.66. The SMILES string of the molecule is CCOc1ccccc1/C=C1\Oc2c(ccc(OC(=O)c3cc4cc(Br)ccc4o3)c2C)C1=O. The predicted molar refractivity (Wildman–Crippen MR) is 131 cm³/mol. The van der Waals surface area contributed by atoms with Crippen molar-refractivity contribution < 1.29 is 28.2 Å². The quantitative estimate of drug-likeness (QED) is 0.165. The van der Waals surface area contributed by atoms with Crippen LogP contribution in [0.3, 0.4) is 0 Å². The highest BCUT2D eigenvalue weighted by Gasteiger charge is 2.31. The Morgan fingerprint density at radius 1 is 1.06 bits per heavy atom. The molecule has 1 aliphatic heterocycles. The van der Waals surface area contributed by atoms with Gasteiger partial charge in [0.1, 0.15) is 22.8 Å². The van der Waals surface area contributed by atoms with Gasteiger partial charge in [-0.1, -0.05) is 34.1 Å². The van der Waals surface area contributed by atoms with Crippen LogP contribution in [0, 0.1) is 6.92 Å². The summed E-state index contributed by atoms with van der Waals surface area (Å²) >= 11 is 3.40. The van der Waals surface area contributed by atoms with Gasteiger partial charge in [-0.25, -0.2) is 4.79 Å². The molecule has 0 aliphatic carbocycles. The largest absolute Gasteiger partial charge is 0.493 e. The zero-order valence-electron chi connectivity index (χ0n) is 18.4. The second kappa shape index (κ2) is 8.83. The normalized spacial score (nSPS) is 13.7. The third-order valence-electron chi connectivity index (χ3n) is 5.42. The number of carbonyl (C=O) groups is 2. The lowest BCUT2D eigenvalue weighted by Crippen LogP contribution is -2.08. The second-order valence-corrected chi connectivity index (χ2v) is 8.57. The summed E-state index contributed by atoms with van der Waals surface area (Å²) in [4.78, 5) is 25.7. The van der Waals surface area contributed by atoms with Crippen LogP contribution in [-0.4, -0.2) is 18.4 Å². The molecule has 0 amide bonds. The standard InChI is InChI=1S/C27H19BrO6/c1-3-31-21-7-5-4-6-16(21)13-23-25(29)19-9-11-20(15(2)26(19)33-23)34-27(30)24-14-17-12-18(28)8-10-22(17)32-24/h4-14H,3H2,1-2H3/b23-13-. The molecule has 0 unspecified atom stereocenters. The first kappa shape index (κ1) is 22.0. The van der Waals surface area contributed by atoms with Crippen LogP contribution in [0.1, 0.15) is 39.0 Å². The van der Waals surface area contributed by atoms with E-state index in [1.54, 1.807) is 37.3 Å². The van der Waals surface area contributed by atoms with E-state index in [2.05, 4.69) is 15.9 Å². The van der Waals surface area contributed by atoms with Gasteiger partial charge in [0.05, 0.1) is 12.2 Å². The zero-order chi connectivity index (χ0) is 23.8. The molecule has 2 heterocycles. The first-order chi connectivity index (χ1) is 16.4. The molecule has 34 heavy (non-hydrogen) atoms. The molecule has 3 aromatic carbocycles. The van der Waals surface area contributed by atoms with Crippen molar-refractivity contribution in [2.45, 2.75) is 13.8 Å². The van der Waals surface area contributed by atoms with Crippen molar-refractivity contribution >= 4 is 44.7 Å². The van der Waals surface area contributed by atoms with Gasteiger partial charge in [-0.15, -0.1) is 0 Å². The van der Waals surface area contributed by atoms with Crippen LogP contribution in [0.4, 0.5) is 0 Å². The number of benzene rings is 3. The summed E-state index contributed by atoms with van der Waals surface area (Å²) in [6.45, 7) is 4.14. The molecule has 1 aliphatic rings. The fourth-order valence-electron chi connectivity index (χ4n) is 3.77. The highest BCUT2D eigenvalue weighted by Crippen LogP contribution is 2.40. The molecule has 0 N–H and O–H groups in total. The molecule has 1 aromatic heterocycles. The lowest BCUT2D eigenvalue weighted by atomic mass is 10.1. The van der Waals surface area contributed by atoms with E-state index in [1.807, 2.05) is 43.3 Å². The van der Waals surface area contributed by atoms with E-state index in [0.717, 1.165) is 15.4 Å². The summed E-state index contributed by atoms with van der Waals surface area (Å²) < 4.78 is 23.6. The molecule has 0 bridgehead atoms. The third-order valence-corrected chi connectivity index (χ3v) is 5.92. The number of ketones is 1. The Morgan fingerprint density at radius 2 is 1.88 bits per heavy atom. The smallest absolute Gasteiger partial charge is 0.379 e. The van der Waals surface area contributed by atoms with Crippen molar-refractivity contribution in [1.29, 1.82) is 0 Å². The second-order valence-electron chi connectivity index (χ2n) is 7.66. The average molecular weight is 519 g/mol. The number of Topliss-reactive ketones (excluding diaryl/α,β-unsaturated/α-hetero) is 1. The van der Waals surface area contributed by atoms with Crippen LogP contribution in [0.15, 0.2) is 75.3 Å². The molecular weight excluding hydrogens is 500 g/mol. The molecule has 0 fully saturated rings. The lowest BCUT2D eigenvalue weighted by molar-refractivity contribution is 0.0702. The van der Waals surface area contributed by atoms with Gasteiger partial charge < -0.3 is 18.6 Å². The minimum absolute atomic E-state index is 0.0816. The number of fused-ring (bicyclic) bond motifs is 2. The minimum atomic E-state index is -0.638. The molecule has 6 nitrogen and oxygen atoms in total. The van der Waals surface area contributed by atoms with Gasteiger partial charge in [0, 0.05) is 21.0 Å². The summed E-state index contributed by atoms with van der Waals surface area (Å²) in [7, 11) is 0. The van der Waals surface area contributed by atoms with Crippen LogP contribution >= 0.6 is 15.9 Å². The maximum Gasteiger partial charge on any atom is 0.379 e. The van der Waals surface area contributed by atoms with E-state index in [4.69, 9.17) is 18.6 Å². The van der Waals surface area contributed by atoms with E-state index < -0.39 is 5.97 Å². The number of rotatable bonds is 5. The monoisotopic (exact) mass is 518 g/mol. The Morgan fingerprint density at radius 3 is 2.71 bits per heavy atom. The van der Waals surface area contributed by atoms with Crippen molar-refractivity contribution in [3.63, 3.8) is 0 Å². The van der Waals surface area contributed by atoms with Gasteiger partial charge >= 0.3 is 5.97 Å². The number of esters is 1. The van der Waals surface area contributed by atoms with Crippen molar-refractivity contribution in [3.8, 4) is 17.2 Å². The molecule has 4 aromatic rings. The van der Waals surface area contributed by atoms with Crippen LogP contribution in [0.2, 0.25) is 0 Å². The topological polar surface area (TPSA) is 75.0 Å². The minimum Gasteiger partial charge on any atom is -0.493 e. The van der Waals surface area contributed by atoms with Gasteiger partial charge in [0.15, 0.2) is 5.76 Å². The number of carbonyl (C=O) groups excluding carboxylic acids is 2. The molecule has 0 atom stereocenters. The summed E-state index contributed by atoms with van der Waals surface area (Å²) in [6, 6.07) is 17.7. The van der Waals surface area contributed by atoms with E-state index in [0.29, 0.717) is 34.8 Å². The van der Waals surface area contributed by atoms with Crippen LogP contribution < -0.4 is 14.2 Å². The van der Waals surface area contributed by atoms with Gasteiger partial charge in [0.2, 0.25) is 11.5 Å². The lowest BCUT2D eigenvalue weighted by Gasteiger charge is -2.09. The number of ether oxygens (including phenoxy) is 3. The molecule has 7 heteroatoms. The number of hydrogen-bond donors (Lipinski definition) is 0. The maximum absolute atomic E-state index is 12.9. The van der Waals surface area contributed by atoms with Crippen LogP contribution in [0.25, 0.3) is 17.0 Å². The number of furan rings is 1. The van der Waals surface area contributed by atoms with Crippen molar-refractivity contribution in [2.75, 3.05) is 6.61 Å². The number of allylic oxidation sites excluding steroid dienone is 1. The van der Waals surface area contributed by atoms with Gasteiger partial charge in [-0.3, -0.25) is 4.79 Å². The summed E-state index contributed by atoms with van der Waals surface area (Å²) in [5.41, 5.74) is 2.27. The molecule has 0 spiro atoms. The Hall–Kier alpha value is -3.84. The Kier molecular flexibility index (Phi) is 5.71. The Balaban J connectivity index is 1.42. The average Bonchev–Trinajstić information content (AvgIpc) is 3.38. The molecule has 5 rings (SSSR count). The highest BCUT2D eigenvalue weighted by molar-refractivity contribution is 9.10. The number of para-hydroxylation sites is 1. The van der Waals surface area contributed by atoms with Gasteiger partial charge in [0.25, 0.3) is 0 Å². The zero-order valence-corrected chi connectivity index (χ0v) is 20.0. The highest BCUT2D eigenvalue weighted by atomic mass is 79.9. The van der Waals surface area contributed by atoms with Crippen molar-refractivity contribution in [2.24, 2.45) is 0 Å². The van der Waals surface area contributed by atoms with E-state index >= 15 is 0 Å². The van der Waals surface area contributed by atoms with Gasteiger partial charge in [-0.05, 0) is 62.4 Å². The van der Waals surface area contributed by atoms with E-state index in [1.165, 1.54) is 0 Å². The van der Waals surface area contributed by atoms with Gasteiger partial charge in [-0.2, -0.15) is 0 Å². The first-order valence-corrected chi connectivity index (χ1v) is 11.4. The molecule has 0 saturated carbocycles. The predicted octanol–water partition coefficient (Wildman–Crippen LogP) is 6.74. The molecular formula is C27H19BrO6. The molecule has 0 saturated heterocycles. The van der Waals surface area contributed by atoms with Crippen molar-refractivity contribution in [1.82, 2.24) is 0 Å². The summed E-state index contributed by atoms with van der Waals surface area (Å²) in [5, 5.41) is 0.781. The van der Waals surface area contributed by atoms with E-state index in [-0.39, 0.29) is 23.1 Å². The molecule has 0 radical (unpaired) electrons.